The van der Waals surface area contributed by atoms with Gasteiger partial charge in [-0.3, -0.25) is 0 Å². The topological polar surface area (TPSA) is 168 Å². The van der Waals surface area contributed by atoms with Crippen molar-refractivity contribution < 1.29 is 45.3 Å². The summed E-state index contributed by atoms with van der Waals surface area (Å²) in [5.74, 6) is -1.87. The summed E-state index contributed by atoms with van der Waals surface area (Å²) in [5.41, 5.74) is -2.85. The van der Waals surface area contributed by atoms with E-state index in [1.807, 2.05) is 0 Å². The first-order valence-corrected chi connectivity index (χ1v) is 5.16. The Morgan fingerprint density at radius 2 is 1.67 bits per heavy atom. The van der Waals surface area contributed by atoms with Crippen LogP contribution in [0.4, 0.5) is 0 Å². The van der Waals surface area contributed by atoms with Gasteiger partial charge in [0.2, 0.25) is 5.60 Å². The second-order valence-corrected chi connectivity index (χ2v) is 4.14. The average Bonchev–Trinajstić information content (AvgIpc) is 2.35. The average molecular weight is 268 g/mol. The molecule has 18 heavy (non-hydrogen) atoms. The van der Waals surface area contributed by atoms with Crippen molar-refractivity contribution in [2.45, 2.75) is 36.1 Å². The molecule has 1 unspecified atom stereocenters. The van der Waals surface area contributed by atoms with Crippen molar-refractivity contribution in [2.75, 3.05) is 13.2 Å². The lowest BCUT2D eigenvalue weighted by Crippen LogP contribution is -2.68. The van der Waals surface area contributed by atoms with Crippen LogP contribution in [0.3, 0.4) is 0 Å². The molecule has 1 aliphatic heterocycles. The quantitative estimate of drug-likeness (QED) is 0.266. The second-order valence-electron chi connectivity index (χ2n) is 4.14. The molecule has 1 fully saturated rings. The molecule has 0 aromatic rings. The third-order valence-electron chi connectivity index (χ3n) is 2.97. The van der Waals surface area contributed by atoms with Gasteiger partial charge in [-0.25, -0.2) is 4.79 Å². The maximum absolute atomic E-state index is 10.9. The number of carbonyl (C=O) groups is 1. The lowest BCUT2D eigenvalue weighted by Gasteiger charge is -2.44. The molecular weight excluding hydrogens is 252 g/mol. The van der Waals surface area contributed by atoms with E-state index in [1.54, 1.807) is 0 Å². The third kappa shape index (κ3) is 2.34. The predicted octanol–water partition coefficient (Wildman–Crippen LogP) is -4.36. The fourth-order valence-electron chi connectivity index (χ4n) is 1.78. The smallest absolute Gasteiger partial charge is 0.341 e. The van der Waals surface area contributed by atoms with Gasteiger partial charge in [-0.15, -0.1) is 0 Å². The molecule has 0 aromatic carbocycles. The summed E-state index contributed by atoms with van der Waals surface area (Å²) in [7, 11) is 0. The fraction of sp³-hybridized carbons (Fsp3) is 0.889. The Morgan fingerprint density at radius 3 is 2.06 bits per heavy atom. The predicted molar refractivity (Wildman–Crippen MR) is 53.4 cm³/mol. The van der Waals surface area contributed by atoms with Gasteiger partial charge in [-0.2, -0.15) is 0 Å². The van der Waals surface area contributed by atoms with E-state index in [-0.39, 0.29) is 0 Å². The molecule has 0 aromatic heterocycles. The molecule has 1 heterocycles. The maximum Gasteiger partial charge on any atom is 0.341 e. The monoisotopic (exact) mass is 268 g/mol. The van der Waals surface area contributed by atoms with Crippen LogP contribution in [0.2, 0.25) is 0 Å². The van der Waals surface area contributed by atoms with Crippen molar-refractivity contribution in [3.05, 3.63) is 0 Å². The van der Waals surface area contributed by atoms with Crippen LogP contribution in [-0.4, -0.2) is 91.0 Å². The van der Waals surface area contributed by atoms with Crippen LogP contribution in [0.1, 0.15) is 0 Å². The van der Waals surface area contributed by atoms with Crippen molar-refractivity contribution in [3.8, 4) is 0 Å². The van der Waals surface area contributed by atoms with Gasteiger partial charge in [-0.05, 0) is 0 Å². The molecule has 0 amide bonds. The highest BCUT2D eigenvalue weighted by Gasteiger charge is 2.55. The van der Waals surface area contributed by atoms with E-state index in [0.717, 1.165) is 0 Å². The largest absolute Gasteiger partial charge is 0.479 e. The minimum Gasteiger partial charge on any atom is -0.479 e. The van der Waals surface area contributed by atoms with Gasteiger partial charge in [0.15, 0.2) is 0 Å². The first-order chi connectivity index (χ1) is 8.29. The van der Waals surface area contributed by atoms with Gasteiger partial charge in [0.1, 0.15) is 30.5 Å². The number of hydrogen-bond donors (Lipinski definition) is 7. The van der Waals surface area contributed by atoms with Gasteiger partial charge >= 0.3 is 5.97 Å². The number of aliphatic hydroxyl groups excluding tert-OH is 5. The first kappa shape index (κ1) is 15.2. The van der Waals surface area contributed by atoms with Crippen LogP contribution in [0.15, 0.2) is 0 Å². The normalized spacial score (nSPS) is 40.2. The first-order valence-electron chi connectivity index (χ1n) is 5.16. The molecule has 0 spiro atoms. The number of aliphatic hydroxyl groups is 6. The minimum atomic E-state index is -2.85. The van der Waals surface area contributed by atoms with Gasteiger partial charge in [0.25, 0.3) is 0 Å². The Balaban J connectivity index is 3.04. The maximum atomic E-state index is 10.9. The highest BCUT2D eigenvalue weighted by atomic mass is 16.6. The molecule has 7 N–H and O–H groups in total. The van der Waals surface area contributed by atoms with E-state index in [0.29, 0.717) is 0 Å². The van der Waals surface area contributed by atoms with Gasteiger partial charge in [0.05, 0.1) is 13.2 Å². The second kappa shape index (κ2) is 5.45. The summed E-state index contributed by atoms with van der Waals surface area (Å²) in [5, 5.41) is 64.8. The van der Waals surface area contributed by atoms with Crippen molar-refractivity contribution in [2.24, 2.45) is 0 Å². The van der Waals surface area contributed by atoms with Crippen LogP contribution < -0.4 is 0 Å². The highest BCUT2D eigenvalue weighted by Crippen LogP contribution is 2.28. The van der Waals surface area contributed by atoms with Gasteiger partial charge in [0, 0.05) is 0 Å². The summed E-state index contributed by atoms with van der Waals surface area (Å²) in [4.78, 5) is 10.9. The zero-order valence-electron chi connectivity index (χ0n) is 9.25. The molecule has 106 valence electrons. The highest BCUT2D eigenvalue weighted by molar-refractivity contribution is 5.78. The summed E-state index contributed by atoms with van der Waals surface area (Å²) >= 11 is 0. The van der Waals surface area contributed by atoms with Crippen molar-refractivity contribution in [1.82, 2.24) is 0 Å². The van der Waals surface area contributed by atoms with Crippen LogP contribution in [0, 0.1) is 0 Å². The molecule has 0 radical (unpaired) electrons. The zero-order valence-corrected chi connectivity index (χ0v) is 9.25. The van der Waals surface area contributed by atoms with E-state index in [9.17, 15) is 25.2 Å². The standard InChI is InChI=1S/C9H16O9/c10-1-3-4(12)5(13)6(14)7(18-3)9(17,2-11)8(15)16/h3-7,10-14,17H,1-2H2,(H,15,16)/t3-,4-,5+,6+,7-,9?/m1/s1. The minimum absolute atomic E-state index is 0.761. The van der Waals surface area contributed by atoms with Crippen LogP contribution >= 0.6 is 0 Å². The Labute approximate surface area is 101 Å². The molecule has 1 rings (SSSR count). The van der Waals surface area contributed by atoms with E-state index in [4.69, 9.17) is 20.1 Å². The van der Waals surface area contributed by atoms with Crippen LogP contribution in [0.5, 0.6) is 0 Å². The van der Waals surface area contributed by atoms with Crippen LogP contribution in [-0.2, 0) is 9.53 Å². The van der Waals surface area contributed by atoms with Gasteiger partial charge < -0.3 is 40.5 Å². The molecule has 9 heteroatoms. The van der Waals surface area contributed by atoms with Crippen molar-refractivity contribution in [1.29, 1.82) is 0 Å². The van der Waals surface area contributed by atoms with E-state index < -0.39 is 55.3 Å². The summed E-state index contributed by atoms with van der Waals surface area (Å²) in [6.07, 6.45) is -8.67. The molecule has 9 nitrogen and oxygen atoms in total. The van der Waals surface area contributed by atoms with Crippen molar-refractivity contribution >= 4 is 5.97 Å². The van der Waals surface area contributed by atoms with Gasteiger partial charge in [-0.1, -0.05) is 0 Å². The van der Waals surface area contributed by atoms with Crippen LogP contribution in [0.25, 0.3) is 0 Å². The molecule has 1 saturated heterocycles. The molecule has 0 saturated carbocycles. The molecule has 0 bridgehead atoms. The van der Waals surface area contributed by atoms with E-state index >= 15 is 0 Å². The molecule has 1 aliphatic rings. The number of ether oxygens (including phenoxy) is 1. The summed E-state index contributed by atoms with van der Waals surface area (Å²) in [6, 6.07) is 0. The third-order valence-corrected chi connectivity index (χ3v) is 2.97. The molecular formula is C9H16O9. The van der Waals surface area contributed by atoms with E-state index in [1.165, 1.54) is 0 Å². The number of hydrogen-bond acceptors (Lipinski definition) is 8. The Hall–Kier alpha value is -0.810. The number of rotatable bonds is 4. The zero-order chi connectivity index (χ0) is 14.1. The summed E-state index contributed by atoms with van der Waals surface area (Å²) in [6.45, 7) is -2.03. The number of carboxylic acids is 1. The van der Waals surface area contributed by atoms with E-state index in [2.05, 4.69) is 0 Å². The SMILES string of the molecule is O=C(O)C(O)(CO)[C@@H]1O[C@H](CO)[C@@H](O)[C@H](O)[C@@H]1O. The Bertz CT molecular complexity index is 306. The number of aliphatic carboxylic acids is 1. The molecule has 0 aliphatic carbocycles. The van der Waals surface area contributed by atoms with Crippen molar-refractivity contribution in [3.63, 3.8) is 0 Å². The lowest BCUT2D eigenvalue weighted by molar-refractivity contribution is -0.274. The Kier molecular flexibility index (Phi) is 4.61. The summed E-state index contributed by atoms with van der Waals surface area (Å²) < 4.78 is 4.85. The number of carboxylic acid groups (broad SMARTS) is 1. The molecule has 6 atom stereocenters. The lowest BCUT2D eigenvalue weighted by atomic mass is 9.85. The Morgan fingerprint density at radius 1 is 1.11 bits per heavy atom. The fourth-order valence-corrected chi connectivity index (χ4v) is 1.78.